The molecule has 1 rings (SSSR count). The highest BCUT2D eigenvalue weighted by molar-refractivity contribution is 7.82. The van der Waals surface area contributed by atoms with Crippen molar-refractivity contribution >= 4 is 28.8 Å². The molecule has 1 fully saturated rings. The Balaban J connectivity index is 2.83. The maximum atomic E-state index is 12.9. The van der Waals surface area contributed by atoms with E-state index in [0.717, 1.165) is 5.57 Å². The third-order valence-electron chi connectivity index (χ3n) is 3.98. The first kappa shape index (κ1) is 24.9. The first-order valence-electron chi connectivity index (χ1n) is 8.69. The number of rotatable bonds is 10. The zero-order valence-corrected chi connectivity index (χ0v) is 17.5. The van der Waals surface area contributed by atoms with Gasteiger partial charge in [0.25, 0.3) is 0 Å². The van der Waals surface area contributed by atoms with Gasteiger partial charge in [-0.2, -0.15) is 18.0 Å². The van der Waals surface area contributed by atoms with E-state index in [1.54, 1.807) is 6.26 Å². The third kappa shape index (κ3) is 8.91. The fourth-order valence-corrected chi connectivity index (χ4v) is 3.11. The summed E-state index contributed by atoms with van der Waals surface area (Å²) in [5, 5.41) is 1.88. The zero-order chi connectivity index (χ0) is 21.2. The molecule has 0 aromatic carbocycles. The molecule has 0 aliphatic carbocycles. The van der Waals surface area contributed by atoms with Crippen molar-refractivity contribution in [3.8, 4) is 0 Å². The van der Waals surface area contributed by atoms with Gasteiger partial charge in [0.1, 0.15) is 17.6 Å². The number of halogens is 4. The molecule has 1 saturated heterocycles. The molecular formula is C16H27ClF3N5O2S. The van der Waals surface area contributed by atoms with Crippen LogP contribution in [0.25, 0.3) is 0 Å². The molecule has 0 aromatic heterocycles. The highest BCUT2D eigenvalue weighted by Gasteiger charge is 2.34. The van der Waals surface area contributed by atoms with Crippen molar-refractivity contribution in [2.24, 2.45) is 10.7 Å². The molecule has 1 heterocycles. The molecule has 162 valence electrons. The van der Waals surface area contributed by atoms with E-state index < -0.39 is 29.3 Å². The van der Waals surface area contributed by atoms with Gasteiger partial charge in [0.05, 0.1) is 11.5 Å². The summed E-state index contributed by atoms with van der Waals surface area (Å²) < 4.78 is 55.2. The second kappa shape index (κ2) is 12.4. The lowest BCUT2D eigenvalue weighted by Crippen LogP contribution is -2.52. The van der Waals surface area contributed by atoms with Gasteiger partial charge in [-0.3, -0.25) is 4.90 Å². The molecule has 12 heteroatoms. The lowest BCUT2D eigenvalue weighted by molar-refractivity contribution is -0.0988. The Labute approximate surface area is 171 Å². The van der Waals surface area contributed by atoms with Crippen molar-refractivity contribution < 1.29 is 22.1 Å². The molecule has 1 aliphatic heterocycles. The largest absolute Gasteiger partial charge is 0.473 e. The maximum absolute atomic E-state index is 12.9. The van der Waals surface area contributed by atoms with E-state index in [1.165, 1.54) is 6.21 Å². The third-order valence-corrected chi connectivity index (χ3v) is 4.63. The van der Waals surface area contributed by atoms with Crippen LogP contribution in [0, 0.1) is 0 Å². The van der Waals surface area contributed by atoms with Crippen molar-refractivity contribution in [3.63, 3.8) is 0 Å². The summed E-state index contributed by atoms with van der Waals surface area (Å²) in [4.78, 5) is 9.09. The highest BCUT2D eigenvalue weighted by Crippen LogP contribution is 2.26. The van der Waals surface area contributed by atoms with Crippen LogP contribution < -0.4 is 10.6 Å². The van der Waals surface area contributed by atoms with Crippen LogP contribution in [0.15, 0.2) is 28.2 Å². The number of aliphatic imine (C=N–C) groups is 1. The van der Waals surface area contributed by atoms with E-state index in [-0.39, 0.29) is 11.8 Å². The van der Waals surface area contributed by atoms with Crippen LogP contribution in [-0.4, -0.2) is 78.0 Å². The van der Waals surface area contributed by atoms with Crippen molar-refractivity contribution in [2.75, 3.05) is 51.5 Å². The molecule has 0 aromatic rings. The van der Waals surface area contributed by atoms with Gasteiger partial charge in [0.15, 0.2) is 0 Å². The van der Waals surface area contributed by atoms with E-state index in [9.17, 15) is 17.4 Å². The minimum atomic E-state index is -4.56. The average Bonchev–Trinajstić information content (AvgIpc) is 2.63. The number of nitrogens with two attached hydrogens (primary N) is 1. The monoisotopic (exact) mass is 445 g/mol. The SMILES string of the molecule is CC/C(CN1CCN(NS(C)=O)CC1)=C(\N=C/CCl)OC/C(=C/N)C(F)(F)F. The van der Waals surface area contributed by atoms with Crippen molar-refractivity contribution in [3.05, 3.63) is 23.2 Å². The quantitative estimate of drug-likeness (QED) is 0.304. The van der Waals surface area contributed by atoms with Crippen LogP contribution in [-0.2, 0) is 15.7 Å². The summed E-state index contributed by atoms with van der Waals surface area (Å²) in [6.45, 7) is 4.42. The van der Waals surface area contributed by atoms with Crippen LogP contribution in [0.5, 0.6) is 0 Å². The van der Waals surface area contributed by atoms with Gasteiger partial charge < -0.3 is 10.5 Å². The lowest BCUT2D eigenvalue weighted by atomic mass is 10.2. The van der Waals surface area contributed by atoms with Crippen LogP contribution >= 0.6 is 11.6 Å². The summed E-state index contributed by atoms with van der Waals surface area (Å²) in [7, 11) is -1.12. The Morgan fingerprint density at radius 3 is 2.46 bits per heavy atom. The fraction of sp³-hybridized carbons (Fsp3) is 0.688. The van der Waals surface area contributed by atoms with Gasteiger partial charge in [-0.05, 0) is 6.42 Å². The molecule has 0 amide bonds. The van der Waals surface area contributed by atoms with Gasteiger partial charge in [0, 0.05) is 57.0 Å². The smallest absolute Gasteiger partial charge is 0.417 e. The van der Waals surface area contributed by atoms with E-state index >= 15 is 0 Å². The summed E-state index contributed by atoms with van der Waals surface area (Å²) >= 11 is 5.62. The average molecular weight is 446 g/mol. The normalized spacial score (nSPS) is 19.7. The van der Waals surface area contributed by atoms with Crippen LogP contribution in [0.3, 0.4) is 0 Å². The molecule has 28 heavy (non-hydrogen) atoms. The highest BCUT2D eigenvalue weighted by atomic mass is 35.5. The van der Waals surface area contributed by atoms with Gasteiger partial charge in [-0.1, -0.05) is 6.92 Å². The molecule has 1 unspecified atom stereocenters. The standard InChI is InChI=1S/C16H27ClF3N5O2S/c1-3-13(11-24-6-8-25(9-7-24)23-28(2)26)15(22-5-4-17)27-12-14(10-21)16(18,19)20/h5,10,23H,3-4,6-9,11-12,21H2,1-2H3/b14-10-,15-13-,22-5-. The molecular weight excluding hydrogens is 419 g/mol. The topological polar surface area (TPSA) is 83.2 Å². The van der Waals surface area contributed by atoms with Gasteiger partial charge in [0.2, 0.25) is 5.88 Å². The number of hydrogen-bond acceptors (Lipinski definition) is 6. The van der Waals surface area contributed by atoms with Gasteiger partial charge in [-0.15, -0.1) is 11.6 Å². The molecule has 0 saturated carbocycles. The molecule has 1 atom stereocenters. The summed E-state index contributed by atoms with van der Waals surface area (Å²) in [5.41, 5.74) is 4.86. The summed E-state index contributed by atoms with van der Waals surface area (Å²) in [6.07, 6.45) is -0.568. The van der Waals surface area contributed by atoms with E-state index in [1.807, 2.05) is 11.9 Å². The second-order valence-corrected chi connectivity index (χ2v) is 7.41. The molecule has 0 spiro atoms. The number of hydrogen-bond donors (Lipinski definition) is 2. The van der Waals surface area contributed by atoms with E-state index in [4.69, 9.17) is 22.1 Å². The van der Waals surface area contributed by atoms with Crippen LogP contribution in [0.1, 0.15) is 13.3 Å². The Kier molecular flexibility index (Phi) is 11.1. The summed E-state index contributed by atoms with van der Waals surface area (Å²) in [6, 6.07) is 0. The summed E-state index contributed by atoms with van der Waals surface area (Å²) in [5.74, 6) is 0.239. The number of alkyl halides is 4. The lowest BCUT2D eigenvalue weighted by Gasteiger charge is -2.34. The minimum absolute atomic E-state index is 0.112. The van der Waals surface area contributed by atoms with Gasteiger partial charge >= 0.3 is 6.18 Å². The fourth-order valence-electron chi connectivity index (χ4n) is 2.50. The van der Waals surface area contributed by atoms with Crippen LogP contribution in [0.2, 0.25) is 0 Å². The van der Waals surface area contributed by atoms with Crippen molar-refractivity contribution in [2.45, 2.75) is 19.5 Å². The minimum Gasteiger partial charge on any atom is -0.473 e. The first-order chi connectivity index (χ1) is 13.2. The molecule has 3 N–H and O–H groups in total. The Morgan fingerprint density at radius 2 is 2.00 bits per heavy atom. The van der Waals surface area contributed by atoms with Gasteiger partial charge in [-0.25, -0.2) is 14.2 Å². The Morgan fingerprint density at radius 1 is 1.36 bits per heavy atom. The number of hydrazine groups is 1. The molecule has 0 bridgehead atoms. The maximum Gasteiger partial charge on any atom is 0.417 e. The number of ether oxygens (including phenoxy) is 1. The molecule has 0 radical (unpaired) electrons. The molecule has 1 aliphatic rings. The number of nitrogens with zero attached hydrogens (tertiary/aromatic N) is 3. The second-order valence-electron chi connectivity index (χ2n) is 6.02. The molecule has 7 nitrogen and oxygen atoms in total. The first-order valence-corrected chi connectivity index (χ1v) is 10.8. The number of nitrogens with one attached hydrogen (secondary N) is 1. The predicted molar refractivity (Wildman–Crippen MR) is 106 cm³/mol. The number of piperazine rings is 1. The zero-order valence-electron chi connectivity index (χ0n) is 16.0. The van der Waals surface area contributed by atoms with E-state index in [0.29, 0.717) is 45.3 Å². The predicted octanol–water partition coefficient (Wildman–Crippen LogP) is 1.75. The Bertz CT molecular complexity index is 606. The van der Waals surface area contributed by atoms with Crippen LogP contribution in [0.4, 0.5) is 13.2 Å². The van der Waals surface area contributed by atoms with Crippen molar-refractivity contribution in [1.82, 2.24) is 14.7 Å². The van der Waals surface area contributed by atoms with Crippen molar-refractivity contribution in [1.29, 1.82) is 0 Å². The Hall–Kier alpha value is -1.14. The van der Waals surface area contributed by atoms with E-state index in [2.05, 4.69) is 14.7 Å².